The Morgan fingerprint density at radius 3 is 2.71 bits per heavy atom. The fraction of sp³-hybridized carbons (Fsp3) is 0.250. The molecule has 0 amide bonds. The summed E-state index contributed by atoms with van der Waals surface area (Å²) in [4.78, 5) is 1.13. The van der Waals surface area contributed by atoms with Gasteiger partial charge in [0.05, 0.1) is 13.3 Å². The van der Waals surface area contributed by atoms with Crippen molar-refractivity contribution in [1.82, 2.24) is 9.78 Å². The van der Waals surface area contributed by atoms with Gasteiger partial charge in [0.15, 0.2) is 0 Å². The highest BCUT2D eigenvalue weighted by molar-refractivity contribution is 7.98. The minimum absolute atomic E-state index is 0.643. The molecule has 0 atom stereocenters. The molecule has 17 heavy (non-hydrogen) atoms. The molecule has 0 aliphatic rings. The van der Waals surface area contributed by atoms with Gasteiger partial charge in [-0.05, 0) is 18.4 Å². The maximum Gasteiger partial charge on any atom is 0.129 e. The SMILES string of the molecule is COc1cccc(SC)c1-c1cnn(C)c1N. The number of aromatic nitrogens is 2. The van der Waals surface area contributed by atoms with E-state index in [0.29, 0.717) is 5.82 Å². The molecule has 2 N–H and O–H groups in total. The summed E-state index contributed by atoms with van der Waals surface area (Å²) in [6.07, 6.45) is 3.80. The number of ether oxygens (including phenoxy) is 1. The minimum atomic E-state index is 0.643. The Bertz CT molecular complexity index is 514. The average Bonchev–Trinajstić information content (AvgIpc) is 2.69. The zero-order chi connectivity index (χ0) is 12.4. The van der Waals surface area contributed by atoms with Crippen molar-refractivity contribution in [3.63, 3.8) is 0 Å². The molecule has 2 rings (SSSR count). The molecule has 1 aromatic carbocycles. The number of methoxy groups -OCH3 is 1. The zero-order valence-corrected chi connectivity index (χ0v) is 10.9. The second-order valence-electron chi connectivity index (χ2n) is 3.60. The molecule has 0 aliphatic carbocycles. The lowest BCUT2D eigenvalue weighted by atomic mass is 10.1. The molecule has 0 saturated heterocycles. The predicted molar refractivity (Wildman–Crippen MR) is 71.4 cm³/mol. The van der Waals surface area contributed by atoms with Gasteiger partial charge in [0, 0.05) is 23.1 Å². The van der Waals surface area contributed by atoms with Gasteiger partial charge in [0.25, 0.3) is 0 Å². The van der Waals surface area contributed by atoms with Gasteiger partial charge in [0.1, 0.15) is 11.6 Å². The van der Waals surface area contributed by atoms with Crippen LogP contribution in [0, 0.1) is 0 Å². The molecular weight excluding hydrogens is 234 g/mol. The van der Waals surface area contributed by atoms with E-state index in [1.165, 1.54) is 0 Å². The van der Waals surface area contributed by atoms with Gasteiger partial charge in [0.2, 0.25) is 0 Å². The van der Waals surface area contributed by atoms with E-state index in [-0.39, 0.29) is 0 Å². The third kappa shape index (κ3) is 1.98. The Morgan fingerprint density at radius 1 is 1.41 bits per heavy atom. The lowest BCUT2D eigenvalue weighted by Gasteiger charge is -2.11. The molecule has 0 bridgehead atoms. The molecule has 0 fully saturated rings. The number of hydrogen-bond acceptors (Lipinski definition) is 4. The van der Waals surface area contributed by atoms with Crippen LogP contribution in [0.5, 0.6) is 5.75 Å². The molecular formula is C12H15N3OS. The number of hydrogen-bond donors (Lipinski definition) is 1. The van der Waals surface area contributed by atoms with Gasteiger partial charge in [-0.25, -0.2) is 0 Å². The van der Waals surface area contributed by atoms with Crippen LogP contribution in [0.15, 0.2) is 29.3 Å². The van der Waals surface area contributed by atoms with Crippen LogP contribution in [0.2, 0.25) is 0 Å². The van der Waals surface area contributed by atoms with Crippen molar-refractivity contribution in [2.75, 3.05) is 19.1 Å². The molecule has 1 heterocycles. The Balaban J connectivity index is 2.68. The van der Waals surface area contributed by atoms with Gasteiger partial charge in [-0.1, -0.05) is 6.07 Å². The summed E-state index contributed by atoms with van der Waals surface area (Å²) in [6, 6.07) is 5.96. The summed E-state index contributed by atoms with van der Waals surface area (Å²) in [5.41, 5.74) is 7.94. The molecule has 0 saturated carbocycles. The van der Waals surface area contributed by atoms with E-state index in [1.807, 2.05) is 25.4 Å². The fourth-order valence-corrected chi connectivity index (χ4v) is 2.39. The van der Waals surface area contributed by atoms with Crippen LogP contribution < -0.4 is 10.5 Å². The number of nitrogen functional groups attached to an aromatic ring is 1. The van der Waals surface area contributed by atoms with Crippen LogP contribution in [0.3, 0.4) is 0 Å². The third-order valence-electron chi connectivity index (χ3n) is 2.68. The predicted octanol–water partition coefficient (Wildman–Crippen LogP) is 2.40. The molecule has 0 spiro atoms. The van der Waals surface area contributed by atoms with E-state index < -0.39 is 0 Å². The average molecular weight is 249 g/mol. The number of rotatable bonds is 3. The van der Waals surface area contributed by atoms with Crippen LogP contribution in [-0.4, -0.2) is 23.1 Å². The van der Waals surface area contributed by atoms with E-state index in [4.69, 9.17) is 10.5 Å². The maximum absolute atomic E-state index is 6.02. The van der Waals surface area contributed by atoms with Crippen LogP contribution in [0.1, 0.15) is 0 Å². The van der Waals surface area contributed by atoms with Gasteiger partial charge >= 0.3 is 0 Å². The van der Waals surface area contributed by atoms with E-state index in [0.717, 1.165) is 21.8 Å². The number of benzene rings is 1. The maximum atomic E-state index is 6.02. The summed E-state index contributed by atoms with van der Waals surface area (Å²) in [5, 5.41) is 4.17. The first-order valence-electron chi connectivity index (χ1n) is 5.18. The largest absolute Gasteiger partial charge is 0.496 e. The number of nitrogens with zero attached hydrogens (tertiary/aromatic N) is 2. The monoisotopic (exact) mass is 249 g/mol. The van der Waals surface area contributed by atoms with Gasteiger partial charge in [-0.3, -0.25) is 4.68 Å². The Hall–Kier alpha value is -1.62. The van der Waals surface area contributed by atoms with Crippen LogP contribution in [-0.2, 0) is 7.05 Å². The summed E-state index contributed by atoms with van der Waals surface area (Å²) in [6.45, 7) is 0. The first-order valence-corrected chi connectivity index (χ1v) is 6.40. The molecule has 4 nitrogen and oxygen atoms in total. The van der Waals surface area contributed by atoms with E-state index in [2.05, 4.69) is 11.2 Å². The topological polar surface area (TPSA) is 53.1 Å². The number of aryl methyl sites for hydroxylation is 1. The standard InChI is InChI=1S/C12H15N3OS/c1-15-12(13)8(7-14-15)11-9(16-2)5-4-6-10(11)17-3/h4-7H,13H2,1-3H3. The minimum Gasteiger partial charge on any atom is -0.496 e. The summed E-state index contributed by atoms with van der Waals surface area (Å²) in [5.74, 6) is 1.46. The van der Waals surface area contributed by atoms with Crippen molar-refractivity contribution in [2.24, 2.45) is 7.05 Å². The Kier molecular flexibility index (Phi) is 3.28. The summed E-state index contributed by atoms with van der Waals surface area (Å²) < 4.78 is 7.06. The molecule has 90 valence electrons. The molecule has 2 aromatic rings. The smallest absolute Gasteiger partial charge is 0.129 e. The van der Waals surface area contributed by atoms with Gasteiger partial charge in [-0.2, -0.15) is 5.10 Å². The van der Waals surface area contributed by atoms with Crippen molar-refractivity contribution in [2.45, 2.75) is 4.90 Å². The highest BCUT2D eigenvalue weighted by atomic mass is 32.2. The van der Waals surface area contributed by atoms with Crippen molar-refractivity contribution >= 4 is 17.6 Å². The molecule has 1 aromatic heterocycles. The van der Waals surface area contributed by atoms with Crippen molar-refractivity contribution in [3.05, 3.63) is 24.4 Å². The van der Waals surface area contributed by atoms with Crippen molar-refractivity contribution < 1.29 is 4.74 Å². The normalized spacial score (nSPS) is 10.5. The number of nitrogens with two attached hydrogens (primary N) is 1. The molecule has 0 unspecified atom stereocenters. The van der Waals surface area contributed by atoms with Crippen molar-refractivity contribution in [1.29, 1.82) is 0 Å². The summed E-state index contributed by atoms with van der Waals surface area (Å²) >= 11 is 1.67. The van der Waals surface area contributed by atoms with E-state index in [9.17, 15) is 0 Å². The number of thioether (sulfide) groups is 1. The fourth-order valence-electron chi connectivity index (χ4n) is 1.76. The highest BCUT2D eigenvalue weighted by Gasteiger charge is 2.16. The molecule has 5 heteroatoms. The quantitative estimate of drug-likeness (QED) is 0.849. The van der Waals surface area contributed by atoms with E-state index >= 15 is 0 Å². The van der Waals surface area contributed by atoms with E-state index in [1.54, 1.807) is 29.8 Å². The molecule has 0 radical (unpaired) electrons. The van der Waals surface area contributed by atoms with Crippen molar-refractivity contribution in [3.8, 4) is 16.9 Å². The first-order chi connectivity index (χ1) is 8.19. The lowest BCUT2D eigenvalue weighted by Crippen LogP contribution is -1.99. The Morgan fingerprint density at radius 2 is 2.18 bits per heavy atom. The second kappa shape index (κ2) is 4.71. The third-order valence-corrected chi connectivity index (χ3v) is 3.46. The summed E-state index contributed by atoms with van der Waals surface area (Å²) in [7, 11) is 3.49. The highest BCUT2D eigenvalue weighted by Crippen LogP contribution is 2.40. The van der Waals surface area contributed by atoms with Gasteiger partial charge in [-0.15, -0.1) is 11.8 Å². The lowest BCUT2D eigenvalue weighted by molar-refractivity contribution is 0.415. The van der Waals surface area contributed by atoms with Gasteiger partial charge < -0.3 is 10.5 Å². The Labute approximate surface area is 105 Å². The second-order valence-corrected chi connectivity index (χ2v) is 4.45. The number of anilines is 1. The van der Waals surface area contributed by atoms with Crippen LogP contribution in [0.25, 0.3) is 11.1 Å². The van der Waals surface area contributed by atoms with Crippen LogP contribution in [0.4, 0.5) is 5.82 Å². The first kappa shape index (κ1) is 11.9. The van der Waals surface area contributed by atoms with Crippen LogP contribution >= 0.6 is 11.8 Å². The molecule has 0 aliphatic heterocycles. The zero-order valence-electron chi connectivity index (χ0n) is 10.1.